The van der Waals surface area contributed by atoms with Gasteiger partial charge in [0.1, 0.15) is 17.9 Å². The van der Waals surface area contributed by atoms with Gasteiger partial charge in [-0.15, -0.1) is 0 Å². The second-order valence-corrected chi connectivity index (χ2v) is 6.24. The van der Waals surface area contributed by atoms with Crippen LogP contribution in [-0.2, 0) is 25.2 Å². The maximum absolute atomic E-state index is 13.2. The fourth-order valence-electron chi connectivity index (χ4n) is 1.88. The molecule has 1 aromatic rings. The van der Waals surface area contributed by atoms with Gasteiger partial charge in [0.15, 0.2) is 6.61 Å². The predicted molar refractivity (Wildman–Crippen MR) is 87.9 cm³/mol. The average molecular weight is 377 g/mol. The Morgan fingerprint density at radius 2 is 1.77 bits per heavy atom. The van der Waals surface area contributed by atoms with Gasteiger partial charge >= 0.3 is 18.1 Å². The number of carbonyl (C=O) groups is 2. The van der Waals surface area contributed by atoms with Crippen molar-refractivity contribution in [2.45, 2.75) is 39.5 Å². The lowest BCUT2D eigenvalue weighted by molar-refractivity contribution is -0.152. The minimum atomic E-state index is -4.70. The third-order valence-corrected chi connectivity index (χ3v) is 2.79. The van der Waals surface area contributed by atoms with E-state index in [1.54, 1.807) is 27.7 Å². The number of esters is 2. The molecule has 0 unspecified atom stereocenters. The Kier molecular flexibility index (Phi) is 7.29. The van der Waals surface area contributed by atoms with Crippen LogP contribution in [0.2, 0.25) is 0 Å². The average Bonchev–Trinajstić information content (AvgIpc) is 2.49. The summed E-state index contributed by atoms with van der Waals surface area (Å²) >= 11 is 0. The molecule has 0 aliphatic carbocycles. The van der Waals surface area contributed by atoms with E-state index in [0.717, 1.165) is 12.1 Å². The van der Waals surface area contributed by atoms with E-state index in [2.05, 4.69) is 10.1 Å². The molecule has 0 spiro atoms. The van der Waals surface area contributed by atoms with E-state index in [4.69, 9.17) is 9.47 Å². The highest BCUT2D eigenvalue weighted by Crippen LogP contribution is 2.37. The fraction of sp³-hybridized carbons (Fsp3) is 0.529. The highest BCUT2D eigenvalue weighted by Gasteiger charge is 2.35. The predicted octanol–water partition coefficient (Wildman–Crippen LogP) is 3.40. The SMILES string of the molecule is CCOC(=O)COc1ccc(NCC(=O)OC(C)(C)C)cc1C(F)(F)F. The molecule has 0 saturated carbocycles. The van der Waals surface area contributed by atoms with Gasteiger partial charge in [-0.05, 0) is 45.9 Å². The normalized spacial score (nSPS) is 11.7. The van der Waals surface area contributed by atoms with Crippen molar-refractivity contribution in [2.75, 3.05) is 25.1 Å². The zero-order chi connectivity index (χ0) is 20.0. The van der Waals surface area contributed by atoms with Crippen LogP contribution in [0.3, 0.4) is 0 Å². The van der Waals surface area contributed by atoms with Crippen molar-refractivity contribution in [1.29, 1.82) is 0 Å². The molecule has 0 radical (unpaired) electrons. The van der Waals surface area contributed by atoms with Gasteiger partial charge in [0.25, 0.3) is 0 Å². The van der Waals surface area contributed by atoms with E-state index in [-0.39, 0.29) is 18.8 Å². The van der Waals surface area contributed by atoms with Crippen molar-refractivity contribution in [3.8, 4) is 5.75 Å². The lowest BCUT2D eigenvalue weighted by Gasteiger charge is -2.20. The van der Waals surface area contributed by atoms with Gasteiger partial charge in [-0.1, -0.05) is 0 Å². The van der Waals surface area contributed by atoms with Crippen LogP contribution in [0.4, 0.5) is 18.9 Å². The molecule has 0 heterocycles. The molecular formula is C17H22F3NO5. The number of alkyl halides is 3. The van der Waals surface area contributed by atoms with E-state index >= 15 is 0 Å². The third kappa shape index (κ3) is 7.62. The van der Waals surface area contributed by atoms with Crippen LogP contribution >= 0.6 is 0 Å². The minimum absolute atomic E-state index is 0.0617. The number of benzene rings is 1. The maximum Gasteiger partial charge on any atom is 0.420 e. The molecule has 0 saturated heterocycles. The van der Waals surface area contributed by atoms with Gasteiger partial charge < -0.3 is 19.5 Å². The number of halogens is 3. The monoisotopic (exact) mass is 377 g/mol. The summed E-state index contributed by atoms with van der Waals surface area (Å²) in [5.74, 6) is -1.88. The first kappa shape index (κ1) is 21.6. The Bertz CT molecular complexity index is 638. The molecule has 1 rings (SSSR count). The Morgan fingerprint density at radius 1 is 1.12 bits per heavy atom. The summed E-state index contributed by atoms with van der Waals surface area (Å²) in [5.41, 5.74) is -1.71. The lowest BCUT2D eigenvalue weighted by atomic mass is 10.1. The third-order valence-electron chi connectivity index (χ3n) is 2.79. The number of anilines is 1. The van der Waals surface area contributed by atoms with Gasteiger partial charge in [-0.2, -0.15) is 13.2 Å². The molecule has 146 valence electrons. The molecular weight excluding hydrogens is 355 g/mol. The molecule has 9 heteroatoms. The Hall–Kier alpha value is -2.45. The fourth-order valence-corrected chi connectivity index (χ4v) is 1.88. The first-order chi connectivity index (χ1) is 11.9. The van der Waals surface area contributed by atoms with Crippen LogP contribution in [0.25, 0.3) is 0 Å². The highest BCUT2D eigenvalue weighted by molar-refractivity contribution is 5.75. The standard InChI is InChI=1S/C17H22F3NO5/c1-5-24-15(23)10-25-13-7-6-11(8-12(13)17(18,19)20)21-9-14(22)26-16(2,3)4/h6-8,21H,5,9-10H2,1-4H3. The molecule has 26 heavy (non-hydrogen) atoms. The molecule has 0 aliphatic heterocycles. The van der Waals surface area contributed by atoms with E-state index in [1.807, 2.05) is 0 Å². The highest BCUT2D eigenvalue weighted by atomic mass is 19.4. The van der Waals surface area contributed by atoms with Crippen LogP contribution in [0.5, 0.6) is 5.75 Å². The number of hydrogen-bond donors (Lipinski definition) is 1. The van der Waals surface area contributed by atoms with Crippen molar-refractivity contribution in [2.24, 2.45) is 0 Å². The van der Waals surface area contributed by atoms with Crippen LogP contribution < -0.4 is 10.1 Å². The van der Waals surface area contributed by atoms with Crippen molar-refractivity contribution in [3.05, 3.63) is 23.8 Å². The van der Waals surface area contributed by atoms with Gasteiger partial charge in [0, 0.05) is 5.69 Å². The lowest BCUT2D eigenvalue weighted by Crippen LogP contribution is -2.28. The summed E-state index contributed by atoms with van der Waals surface area (Å²) in [6.07, 6.45) is -4.70. The number of carbonyl (C=O) groups excluding carboxylic acids is 2. The van der Waals surface area contributed by atoms with Crippen molar-refractivity contribution >= 4 is 17.6 Å². The van der Waals surface area contributed by atoms with Gasteiger partial charge in [0.05, 0.1) is 12.2 Å². The van der Waals surface area contributed by atoms with Gasteiger partial charge in [0.2, 0.25) is 0 Å². The molecule has 0 bridgehead atoms. The topological polar surface area (TPSA) is 73.9 Å². The molecule has 1 N–H and O–H groups in total. The van der Waals surface area contributed by atoms with Crippen molar-refractivity contribution in [1.82, 2.24) is 0 Å². The number of ether oxygens (including phenoxy) is 3. The summed E-state index contributed by atoms with van der Waals surface area (Å²) in [6, 6.07) is 3.17. The zero-order valence-electron chi connectivity index (χ0n) is 15.0. The zero-order valence-corrected chi connectivity index (χ0v) is 15.0. The van der Waals surface area contributed by atoms with Gasteiger partial charge in [-0.3, -0.25) is 4.79 Å². The van der Waals surface area contributed by atoms with Crippen molar-refractivity contribution in [3.63, 3.8) is 0 Å². The van der Waals surface area contributed by atoms with Crippen LogP contribution in [-0.4, -0.2) is 37.3 Å². The smallest absolute Gasteiger partial charge is 0.420 e. The molecule has 0 aliphatic rings. The van der Waals surface area contributed by atoms with E-state index < -0.39 is 41.6 Å². The molecule has 0 atom stereocenters. The molecule has 1 aromatic carbocycles. The Labute approximate surface area is 149 Å². The number of hydrogen-bond acceptors (Lipinski definition) is 6. The van der Waals surface area contributed by atoms with E-state index in [0.29, 0.717) is 0 Å². The Balaban J connectivity index is 2.84. The van der Waals surface area contributed by atoms with Crippen molar-refractivity contribution < 1.29 is 37.0 Å². The van der Waals surface area contributed by atoms with E-state index in [9.17, 15) is 22.8 Å². The summed E-state index contributed by atoms with van der Waals surface area (Å²) in [5, 5.41) is 2.57. The number of nitrogens with one attached hydrogen (secondary N) is 1. The Morgan fingerprint density at radius 3 is 2.31 bits per heavy atom. The molecule has 0 aromatic heterocycles. The number of rotatable bonds is 7. The first-order valence-electron chi connectivity index (χ1n) is 7.87. The first-order valence-corrected chi connectivity index (χ1v) is 7.87. The second-order valence-electron chi connectivity index (χ2n) is 6.24. The minimum Gasteiger partial charge on any atom is -0.481 e. The molecule has 0 fully saturated rings. The maximum atomic E-state index is 13.2. The summed E-state index contributed by atoms with van der Waals surface area (Å²) in [6.45, 7) is 5.79. The molecule has 0 amide bonds. The summed E-state index contributed by atoms with van der Waals surface area (Å²) < 4.78 is 54.2. The van der Waals surface area contributed by atoms with Crippen LogP contribution in [0.1, 0.15) is 33.3 Å². The second kappa shape index (κ2) is 8.77. The summed E-state index contributed by atoms with van der Waals surface area (Å²) in [4.78, 5) is 22.9. The van der Waals surface area contributed by atoms with Crippen LogP contribution in [0.15, 0.2) is 18.2 Å². The van der Waals surface area contributed by atoms with E-state index in [1.165, 1.54) is 6.07 Å². The summed E-state index contributed by atoms with van der Waals surface area (Å²) in [7, 11) is 0. The van der Waals surface area contributed by atoms with Crippen LogP contribution in [0, 0.1) is 0 Å². The quantitative estimate of drug-likeness (QED) is 0.734. The van der Waals surface area contributed by atoms with Gasteiger partial charge in [-0.25, -0.2) is 4.79 Å². The molecule has 6 nitrogen and oxygen atoms in total. The largest absolute Gasteiger partial charge is 0.481 e.